The maximum Gasteiger partial charge on any atom is 0.346 e. The van der Waals surface area contributed by atoms with Gasteiger partial charge in [-0.3, -0.25) is 0 Å². The molecule has 0 spiro atoms. The van der Waals surface area contributed by atoms with E-state index in [1.807, 2.05) is 0 Å². The second-order valence-corrected chi connectivity index (χ2v) is 2.68. The van der Waals surface area contributed by atoms with Crippen molar-refractivity contribution < 1.29 is 19.4 Å². The Morgan fingerprint density at radius 1 is 1.54 bits per heavy atom. The highest BCUT2D eigenvalue weighted by molar-refractivity contribution is 5.94. The van der Waals surface area contributed by atoms with Crippen molar-refractivity contribution in [3.05, 3.63) is 25.3 Å². The average molecular weight is 184 g/mol. The molecule has 0 radical (unpaired) electrons. The molecule has 0 amide bonds. The third-order valence-electron chi connectivity index (χ3n) is 1.34. The molecular weight excluding hydrogens is 172 g/mol. The van der Waals surface area contributed by atoms with Crippen molar-refractivity contribution in [2.24, 2.45) is 0 Å². The van der Waals surface area contributed by atoms with E-state index in [-0.39, 0.29) is 6.42 Å². The molecule has 0 aliphatic rings. The number of hydrogen-bond acceptors (Lipinski definition) is 4. The van der Waals surface area contributed by atoms with Crippen molar-refractivity contribution in [3.8, 4) is 0 Å². The Labute approximate surface area is 76.5 Å². The van der Waals surface area contributed by atoms with Gasteiger partial charge in [-0.1, -0.05) is 12.7 Å². The lowest BCUT2D eigenvalue weighted by atomic mass is 10.0. The van der Waals surface area contributed by atoms with Crippen LogP contribution in [0.5, 0.6) is 0 Å². The molecular formula is C9H12O4. The smallest absolute Gasteiger partial charge is 0.346 e. The minimum Gasteiger partial charge on any atom is -0.388 e. The van der Waals surface area contributed by atoms with Gasteiger partial charge in [-0.05, 0) is 6.92 Å². The fourth-order valence-electron chi connectivity index (χ4n) is 0.607. The first-order valence-electron chi connectivity index (χ1n) is 3.66. The molecule has 0 saturated carbocycles. The summed E-state index contributed by atoms with van der Waals surface area (Å²) in [6.45, 7) is 7.71. The molecule has 1 atom stereocenters. The Kier molecular flexibility index (Phi) is 4.07. The Bertz CT molecular complexity index is 240. The van der Waals surface area contributed by atoms with Gasteiger partial charge >= 0.3 is 11.9 Å². The summed E-state index contributed by atoms with van der Waals surface area (Å²) >= 11 is 0. The molecule has 0 aliphatic carbocycles. The summed E-state index contributed by atoms with van der Waals surface area (Å²) in [6, 6.07) is 0. The fourth-order valence-corrected chi connectivity index (χ4v) is 0.607. The van der Waals surface area contributed by atoms with Crippen LogP contribution < -0.4 is 0 Å². The van der Waals surface area contributed by atoms with Crippen LogP contribution in [0.1, 0.15) is 13.3 Å². The number of ether oxygens (including phenoxy) is 1. The van der Waals surface area contributed by atoms with Crippen LogP contribution in [0.4, 0.5) is 0 Å². The third-order valence-corrected chi connectivity index (χ3v) is 1.34. The summed E-state index contributed by atoms with van der Waals surface area (Å²) in [5.74, 6) is -1.88. The van der Waals surface area contributed by atoms with Crippen LogP contribution in [0.2, 0.25) is 0 Å². The summed E-state index contributed by atoms with van der Waals surface area (Å²) < 4.78 is 4.22. The summed E-state index contributed by atoms with van der Waals surface area (Å²) in [5.41, 5.74) is -1.71. The summed E-state index contributed by atoms with van der Waals surface area (Å²) in [4.78, 5) is 21.6. The zero-order valence-electron chi connectivity index (χ0n) is 7.45. The van der Waals surface area contributed by atoms with Gasteiger partial charge in [-0.2, -0.15) is 0 Å². The minimum absolute atomic E-state index is 0.0241. The number of carbonyl (C=O) groups excluding carboxylic acids is 2. The van der Waals surface area contributed by atoms with Gasteiger partial charge in [-0.15, -0.1) is 6.58 Å². The Balaban J connectivity index is 4.32. The van der Waals surface area contributed by atoms with E-state index in [9.17, 15) is 14.7 Å². The number of esters is 2. The highest BCUT2D eigenvalue weighted by atomic mass is 16.6. The molecule has 4 nitrogen and oxygen atoms in total. The summed E-state index contributed by atoms with van der Waals surface area (Å²) in [6.07, 6.45) is 2.23. The molecule has 4 heteroatoms. The highest BCUT2D eigenvalue weighted by Crippen LogP contribution is 2.11. The lowest BCUT2D eigenvalue weighted by Gasteiger charge is -2.17. The molecule has 72 valence electrons. The molecule has 13 heavy (non-hydrogen) atoms. The lowest BCUT2D eigenvalue weighted by Crippen LogP contribution is -2.37. The molecule has 0 bridgehead atoms. The summed E-state index contributed by atoms with van der Waals surface area (Å²) in [7, 11) is 0. The standard InChI is InChI=1S/C9H12O4/c1-4-6-9(3,12)8(11)13-7(10)5-2/h4-5,12H,1-2,6H2,3H3. The van der Waals surface area contributed by atoms with Gasteiger partial charge in [-0.25, -0.2) is 9.59 Å². The number of aliphatic hydroxyl groups is 1. The van der Waals surface area contributed by atoms with Crippen molar-refractivity contribution in [1.29, 1.82) is 0 Å². The Hall–Kier alpha value is -1.42. The molecule has 0 saturated heterocycles. The van der Waals surface area contributed by atoms with Crippen LogP contribution >= 0.6 is 0 Å². The van der Waals surface area contributed by atoms with Crippen molar-refractivity contribution in [1.82, 2.24) is 0 Å². The quantitative estimate of drug-likeness (QED) is 0.300. The summed E-state index contributed by atoms with van der Waals surface area (Å²) in [5, 5.41) is 9.40. The zero-order chi connectivity index (χ0) is 10.5. The molecule has 1 unspecified atom stereocenters. The van der Waals surface area contributed by atoms with Crippen LogP contribution in [0.15, 0.2) is 25.3 Å². The first kappa shape index (κ1) is 11.6. The SMILES string of the molecule is C=CCC(C)(O)C(=O)OC(=O)C=C. The molecule has 0 fully saturated rings. The van der Waals surface area contributed by atoms with Gasteiger partial charge in [0.1, 0.15) is 0 Å². The number of carbonyl (C=O) groups is 2. The maximum absolute atomic E-state index is 11.0. The van der Waals surface area contributed by atoms with E-state index in [0.29, 0.717) is 0 Å². The first-order chi connectivity index (χ1) is 5.94. The van der Waals surface area contributed by atoms with Gasteiger partial charge in [0, 0.05) is 12.5 Å². The predicted octanol–water partition coefficient (Wildman–Crippen LogP) is 0.569. The predicted molar refractivity (Wildman–Crippen MR) is 46.7 cm³/mol. The highest BCUT2D eigenvalue weighted by Gasteiger charge is 2.31. The minimum atomic E-state index is -1.71. The Morgan fingerprint density at radius 2 is 2.08 bits per heavy atom. The molecule has 1 N–H and O–H groups in total. The second-order valence-electron chi connectivity index (χ2n) is 2.68. The zero-order valence-corrected chi connectivity index (χ0v) is 7.45. The van der Waals surface area contributed by atoms with E-state index in [1.54, 1.807) is 0 Å². The van der Waals surface area contributed by atoms with Gasteiger partial charge in [0.15, 0.2) is 5.60 Å². The maximum atomic E-state index is 11.0. The molecule has 0 rings (SSSR count). The van der Waals surface area contributed by atoms with Crippen LogP contribution in [0.25, 0.3) is 0 Å². The van der Waals surface area contributed by atoms with E-state index in [2.05, 4.69) is 17.9 Å². The van der Waals surface area contributed by atoms with Crippen molar-refractivity contribution >= 4 is 11.9 Å². The number of hydrogen-bond donors (Lipinski definition) is 1. The first-order valence-corrected chi connectivity index (χ1v) is 3.66. The molecule has 0 aromatic heterocycles. The van der Waals surface area contributed by atoms with Gasteiger partial charge in [0.25, 0.3) is 0 Å². The van der Waals surface area contributed by atoms with E-state index >= 15 is 0 Å². The average Bonchev–Trinajstić information content (AvgIpc) is 2.04. The van der Waals surface area contributed by atoms with E-state index in [0.717, 1.165) is 6.08 Å². The Morgan fingerprint density at radius 3 is 2.46 bits per heavy atom. The van der Waals surface area contributed by atoms with E-state index in [1.165, 1.54) is 13.0 Å². The van der Waals surface area contributed by atoms with Crippen molar-refractivity contribution in [2.45, 2.75) is 18.9 Å². The lowest BCUT2D eigenvalue weighted by molar-refractivity contribution is -0.170. The van der Waals surface area contributed by atoms with Crippen molar-refractivity contribution in [2.75, 3.05) is 0 Å². The topological polar surface area (TPSA) is 63.6 Å². The molecule has 0 heterocycles. The molecule has 0 aromatic rings. The van der Waals surface area contributed by atoms with Gasteiger partial charge in [0.05, 0.1) is 0 Å². The molecule has 0 aromatic carbocycles. The third kappa shape index (κ3) is 3.66. The fraction of sp³-hybridized carbons (Fsp3) is 0.333. The molecule has 0 aliphatic heterocycles. The van der Waals surface area contributed by atoms with Crippen LogP contribution in [-0.2, 0) is 14.3 Å². The monoisotopic (exact) mass is 184 g/mol. The van der Waals surface area contributed by atoms with Gasteiger partial charge < -0.3 is 9.84 Å². The normalized spacial score (nSPS) is 14.0. The second kappa shape index (κ2) is 4.57. The van der Waals surface area contributed by atoms with Crippen LogP contribution in [-0.4, -0.2) is 22.6 Å². The van der Waals surface area contributed by atoms with Crippen LogP contribution in [0.3, 0.4) is 0 Å². The van der Waals surface area contributed by atoms with E-state index in [4.69, 9.17) is 0 Å². The largest absolute Gasteiger partial charge is 0.388 e. The van der Waals surface area contributed by atoms with Crippen LogP contribution in [0, 0.1) is 0 Å². The van der Waals surface area contributed by atoms with Gasteiger partial charge in [0.2, 0.25) is 0 Å². The van der Waals surface area contributed by atoms with E-state index < -0.39 is 17.5 Å². The number of rotatable bonds is 4. The van der Waals surface area contributed by atoms with Crippen molar-refractivity contribution in [3.63, 3.8) is 0 Å².